The Bertz CT molecular complexity index is 602. The van der Waals surface area contributed by atoms with Crippen molar-refractivity contribution < 1.29 is 5.11 Å². The highest BCUT2D eigenvalue weighted by Gasteiger charge is 2.33. The van der Waals surface area contributed by atoms with Gasteiger partial charge in [0.2, 0.25) is 0 Å². The third-order valence-corrected chi connectivity index (χ3v) is 3.55. The van der Waals surface area contributed by atoms with E-state index in [4.69, 9.17) is 11.6 Å². The lowest BCUT2D eigenvalue weighted by Gasteiger charge is -2.20. The molecule has 0 radical (unpaired) electrons. The van der Waals surface area contributed by atoms with Crippen LogP contribution in [0.5, 0.6) is 0 Å². The minimum absolute atomic E-state index is 0.354. The van der Waals surface area contributed by atoms with Crippen LogP contribution in [-0.2, 0) is 0 Å². The molecule has 1 N–H and O–H groups in total. The second-order valence-corrected chi connectivity index (χ2v) is 5.26. The number of pyridine rings is 1. The van der Waals surface area contributed by atoms with E-state index in [1.165, 1.54) is 0 Å². The summed E-state index contributed by atoms with van der Waals surface area (Å²) in [6.07, 6.45) is 4.12. The molecule has 1 atom stereocenters. The van der Waals surface area contributed by atoms with Gasteiger partial charge in [0, 0.05) is 36.3 Å². The van der Waals surface area contributed by atoms with E-state index in [-0.39, 0.29) is 0 Å². The maximum atomic E-state index is 10.0. The van der Waals surface area contributed by atoms with Crippen LogP contribution in [0.15, 0.2) is 18.5 Å². The second-order valence-electron chi connectivity index (χ2n) is 4.90. The molecule has 1 fully saturated rings. The molecule has 1 aliphatic heterocycles. The molecular weight excluding hydrogens is 252 g/mol. The Morgan fingerprint density at radius 3 is 2.94 bits per heavy atom. The van der Waals surface area contributed by atoms with Gasteiger partial charge in [-0.05, 0) is 19.4 Å². The van der Waals surface area contributed by atoms with Crippen molar-refractivity contribution >= 4 is 28.2 Å². The summed E-state index contributed by atoms with van der Waals surface area (Å²) in [4.78, 5) is 6.08. The van der Waals surface area contributed by atoms with E-state index in [1.807, 2.05) is 17.9 Å². The lowest BCUT2D eigenvalue weighted by atomic mass is 10.1. The van der Waals surface area contributed by atoms with Crippen LogP contribution >= 0.6 is 11.6 Å². The number of rotatable bonds is 1. The van der Waals surface area contributed by atoms with Gasteiger partial charge in [0.15, 0.2) is 11.0 Å². The zero-order valence-corrected chi connectivity index (χ0v) is 10.7. The predicted octanol–water partition coefficient (Wildman–Crippen LogP) is 1.64. The van der Waals surface area contributed by atoms with Crippen molar-refractivity contribution in [1.82, 2.24) is 15.2 Å². The zero-order valence-electron chi connectivity index (χ0n) is 9.97. The molecule has 0 saturated carbocycles. The number of fused-ring (bicyclic) bond motifs is 1. The van der Waals surface area contributed by atoms with Crippen LogP contribution in [0.25, 0.3) is 10.8 Å². The number of hydrogen-bond acceptors (Lipinski definition) is 5. The fourth-order valence-corrected chi connectivity index (χ4v) is 2.50. The highest BCUT2D eigenvalue weighted by atomic mass is 35.5. The smallest absolute Gasteiger partial charge is 0.161 e. The molecule has 2 aromatic rings. The van der Waals surface area contributed by atoms with Crippen molar-refractivity contribution in [3.05, 3.63) is 23.6 Å². The second kappa shape index (κ2) is 4.03. The number of nitrogens with zero attached hydrogens (tertiary/aromatic N) is 4. The lowest BCUT2D eigenvalue weighted by Crippen LogP contribution is -2.30. The predicted molar refractivity (Wildman–Crippen MR) is 69.8 cm³/mol. The van der Waals surface area contributed by atoms with E-state index < -0.39 is 5.60 Å². The molecule has 5 nitrogen and oxygen atoms in total. The largest absolute Gasteiger partial charge is 0.388 e. The van der Waals surface area contributed by atoms with Gasteiger partial charge in [-0.3, -0.25) is 4.98 Å². The van der Waals surface area contributed by atoms with Crippen LogP contribution in [0.3, 0.4) is 0 Å². The molecule has 1 aliphatic rings. The molecular formula is C12H13ClN4O. The third kappa shape index (κ3) is 1.89. The summed E-state index contributed by atoms with van der Waals surface area (Å²) in [5.74, 6) is 0.759. The Kier molecular flexibility index (Phi) is 2.60. The summed E-state index contributed by atoms with van der Waals surface area (Å²) >= 11 is 6.01. The Morgan fingerprint density at radius 1 is 1.39 bits per heavy atom. The van der Waals surface area contributed by atoms with E-state index in [0.29, 0.717) is 11.7 Å². The maximum Gasteiger partial charge on any atom is 0.161 e. The molecule has 0 aromatic carbocycles. The first-order valence-corrected chi connectivity index (χ1v) is 6.18. The molecule has 3 heterocycles. The van der Waals surface area contributed by atoms with Gasteiger partial charge >= 0.3 is 0 Å². The minimum Gasteiger partial charge on any atom is -0.388 e. The Morgan fingerprint density at radius 2 is 2.22 bits per heavy atom. The highest BCUT2D eigenvalue weighted by Crippen LogP contribution is 2.31. The SMILES string of the molecule is CC1(O)CCN(c2nnc(Cl)c3cnccc23)C1. The van der Waals surface area contributed by atoms with E-state index in [1.54, 1.807) is 12.4 Å². The normalized spacial score (nSPS) is 23.8. The average molecular weight is 265 g/mol. The van der Waals surface area contributed by atoms with Crippen LogP contribution in [0.1, 0.15) is 13.3 Å². The Hall–Kier alpha value is -1.46. The molecule has 0 bridgehead atoms. The number of aromatic nitrogens is 3. The lowest BCUT2D eigenvalue weighted by molar-refractivity contribution is 0.0839. The molecule has 0 amide bonds. The average Bonchev–Trinajstić information content (AvgIpc) is 2.70. The van der Waals surface area contributed by atoms with Gasteiger partial charge in [-0.1, -0.05) is 11.6 Å². The summed E-state index contributed by atoms with van der Waals surface area (Å²) in [7, 11) is 0. The summed E-state index contributed by atoms with van der Waals surface area (Å²) < 4.78 is 0. The van der Waals surface area contributed by atoms with E-state index in [0.717, 1.165) is 29.6 Å². The van der Waals surface area contributed by atoms with Crippen molar-refractivity contribution in [3.8, 4) is 0 Å². The van der Waals surface area contributed by atoms with Gasteiger partial charge in [-0.15, -0.1) is 10.2 Å². The number of hydrogen-bond donors (Lipinski definition) is 1. The maximum absolute atomic E-state index is 10.0. The monoisotopic (exact) mass is 264 g/mol. The third-order valence-electron chi connectivity index (χ3n) is 3.27. The highest BCUT2D eigenvalue weighted by molar-refractivity contribution is 6.34. The first-order valence-electron chi connectivity index (χ1n) is 5.80. The van der Waals surface area contributed by atoms with Crippen LogP contribution in [0.4, 0.5) is 5.82 Å². The van der Waals surface area contributed by atoms with Crippen molar-refractivity contribution in [2.75, 3.05) is 18.0 Å². The molecule has 94 valence electrons. The minimum atomic E-state index is -0.666. The van der Waals surface area contributed by atoms with Gasteiger partial charge < -0.3 is 10.0 Å². The fourth-order valence-electron chi connectivity index (χ4n) is 2.31. The summed E-state index contributed by atoms with van der Waals surface area (Å²) in [6.45, 7) is 3.15. The molecule has 1 unspecified atom stereocenters. The summed E-state index contributed by atoms with van der Waals surface area (Å²) in [6, 6.07) is 1.87. The summed E-state index contributed by atoms with van der Waals surface area (Å²) in [5, 5.41) is 20.2. The van der Waals surface area contributed by atoms with Crippen LogP contribution < -0.4 is 4.90 Å². The van der Waals surface area contributed by atoms with Crippen LogP contribution in [0, 0.1) is 0 Å². The molecule has 1 saturated heterocycles. The first-order chi connectivity index (χ1) is 8.57. The van der Waals surface area contributed by atoms with Crippen molar-refractivity contribution in [2.24, 2.45) is 0 Å². The molecule has 18 heavy (non-hydrogen) atoms. The molecule has 2 aromatic heterocycles. The summed E-state index contributed by atoms with van der Waals surface area (Å²) in [5.41, 5.74) is -0.666. The van der Waals surface area contributed by atoms with Crippen molar-refractivity contribution in [1.29, 1.82) is 0 Å². The number of halogens is 1. The van der Waals surface area contributed by atoms with Crippen LogP contribution in [0.2, 0.25) is 5.15 Å². The van der Waals surface area contributed by atoms with E-state index in [2.05, 4.69) is 15.2 Å². The molecule has 0 aliphatic carbocycles. The molecule has 3 rings (SSSR count). The standard InChI is InChI=1S/C12H13ClN4O/c1-12(18)3-5-17(7-12)11-8-2-4-14-6-9(8)10(13)15-16-11/h2,4,6,18H,3,5,7H2,1H3. The van der Waals surface area contributed by atoms with Gasteiger partial charge in [0.05, 0.1) is 5.60 Å². The Balaban J connectivity index is 2.11. The molecule has 6 heteroatoms. The topological polar surface area (TPSA) is 62.1 Å². The van der Waals surface area contributed by atoms with E-state index in [9.17, 15) is 5.11 Å². The van der Waals surface area contributed by atoms with Gasteiger partial charge in [0.1, 0.15) is 0 Å². The first kappa shape index (κ1) is 11.6. The quantitative estimate of drug-likeness (QED) is 0.848. The van der Waals surface area contributed by atoms with Crippen molar-refractivity contribution in [2.45, 2.75) is 18.9 Å². The number of aliphatic hydroxyl groups is 1. The van der Waals surface area contributed by atoms with E-state index >= 15 is 0 Å². The number of anilines is 1. The van der Waals surface area contributed by atoms with Gasteiger partial charge in [-0.2, -0.15) is 0 Å². The van der Waals surface area contributed by atoms with Crippen molar-refractivity contribution in [3.63, 3.8) is 0 Å². The van der Waals surface area contributed by atoms with Gasteiger partial charge in [0.25, 0.3) is 0 Å². The zero-order chi connectivity index (χ0) is 12.8. The van der Waals surface area contributed by atoms with Crippen LogP contribution in [-0.4, -0.2) is 39.0 Å². The van der Waals surface area contributed by atoms with Gasteiger partial charge in [-0.25, -0.2) is 0 Å². The number of β-amino-alcohol motifs (C(OH)–C–C–N with tert-alkyl or cyclic N) is 1. The molecule has 0 spiro atoms. The Labute approximate surface area is 109 Å². The fraction of sp³-hybridized carbons (Fsp3) is 0.417.